The van der Waals surface area contributed by atoms with Gasteiger partial charge < -0.3 is 10.2 Å². The van der Waals surface area contributed by atoms with Crippen molar-refractivity contribution in [1.29, 1.82) is 5.26 Å². The van der Waals surface area contributed by atoms with Crippen molar-refractivity contribution in [3.05, 3.63) is 79.6 Å². The average Bonchev–Trinajstić information content (AvgIpc) is 2.74. The Hall–Kier alpha value is -3.42. The summed E-state index contributed by atoms with van der Waals surface area (Å²) in [6.07, 6.45) is 3.29. The highest BCUT2D eigenvalue weighted by atomic mass is 79.9. The molecule has 0 aliphatic rings. The second kappa shape index (κ2) is 10.5. The molecule has 0 unspecified atom stereocenters. The largest absolute Gasteiger partial charge is 0.383 e. The van der Waals surface area contributed by atoms with E-state index in [1.165, 1.54) is 11.8 Å². The molecule has 3 aromatic rings. The maximum Gasteiger partial charge on any atom is 0.327 e. The van der Waals surface area contributed by atoms with Gasteiger partial charge in [-0.25, -0.2) is 4.98 Å². The van der Waals surface area contributed by atoms with E-state index in [4.69, 9.17) is 5.26 Å². The van der Waals surface area contributed by atoms with Crippen LogP contribution < -0.4 is 5.32 Å². The minimum Gasteiger partial charge on any atom is -0.383 e. The number of hydrogen-bond acceptors (Lipinski definition) is 8. The van der Waals surface area contributed by atoms with Crippen molar-refractivity contribution in [2.24, 2.45) is 0 Å². The lowest BCUT2D eigenvalue weighted by atomic mass is 10.2. The van der Waals surface area contributed by atoms with Crippen molar-refractivity contribution in [3.63, 3.8) is 0 Å². The summed E-state index contributed by atoms with van der Waals surface area (Å²) in [5.74, 6) is 0.221. The minimum absolute atomic E-state index is 0.162. The highest BCUT2D eigenvalue weighted by Crippen LogP contribution is 2.40. The third kappa shape index (κ3) is 6.09. The molecule has 3 rings (SSSR count). The Labute approximate surface area is 204 Å². The van der Waals surface area contributed by atoms with Crippen LogP contribution in [-0.4, -0.2) is 33.9 Å². The van der Waals surface area contributed by atoms with Crippen LogP contribution in [0.3, 0.4) is 0 Å². The minimum atomic E-state index is -0.452. The highest BCUT2D eigenvalue weighted by molar-refractivity contribution is 9.10. The molecule has 10 heteroatoms. The molecule has 33 heavy (non-hydrogen) atoms. The SMILES string of the molecule is Cc1cc(Br)cc(C)c1Sc1nc(Nc2ccc(C#N)cc2)nc(C=CN(C)C)c1[N+](=O)[O-]. The molecule has 0 spiro atoms. The molecule has 2 aromatic carbocycles. The van der Waals surface area contributed by atoms with Gasteiger partial charge in [-0.3, -0.25) is 10.1 Å². The molecule has 0 fully saturated rings. The molecule has 0 saturated carbocycles. The van der Waals surface area contributed by atoms with Gasteiger partial charge in [0.2, 0.25) is 5.95 Å². The van der Waals surface area contributed by atoms with Crippen LogP contribution in [0, 0.1) is 35.3 Å². The van der Waals surface area contributed by atoms with Crippen LogP contribution in [-0.2, 0) is 0 Å². The molecule has 1 aromatic heterocycles. The molecule has 0 amide bonds. The fourth-order valence-electron chi connectivity index (χ4n) is 3.00. The molecule has 168 valence electrons. The molecule has 0 bridgehead atoms. The first kappa shape index (κ1) is 24.2. The quantitative estimate of drug-likeness (QED) is 0.225. The summed E-state index contributed by atoms with van der Waals surface area (Å²) in [6.45, 7) is 3.91. The molecule has 0 atom stereocenters. The number of rotatable bonds is 7. The van der Waals surface area contributed by atoms with Gasteiger partial charge in [-0.1, -0.05) is 27.7 Å². The Balaban J connectivity index is 2.14. The van der Waals surface area contributed by atoms with Gasteiger partial charge in [0.15, 0.2) is 5.03 Å². The topological polar surface area (TPSA) is 108 Å². The third-order valence-corrected chi connectivity index (χ3v) is 6.27. The number of benzene rings is 2. The summed E-state index contributed by atoms with van der Waals surface area (Å²) < 4.78 is 0.941. The molecule has 0 aliphatic heterocycles. The monoisotopic (exact) mass is 524 g/mol. The van der Waals surface area contributed by atoms with E-state index in [2.05, 4.69) is 37.3 Å². The number of nitro groups is 1. The molecule has 0 saturated heterocycles. The summed E-state index contributed by atoms with van der Waals surface area (Å²) in [6, 6.07) is 12.8. The summed E-state index contributed by atoms with van der Waals surface area (Å²) >= 11 is 4.73. The van der Waals surface area contributed by atoms with Crippen LogP contribution in [0.5, 0.6) is 0 Å². The first-order valence-electron chi connectivity index (χ1n) is 9.80. The van der Waals surface area contributed by atoms with Gasteiger partial charge in [0, 0.05) is 35.4 Å². The molecule has 8 nitrogen and oxygen atoms in total. The van der Waals surface area contributed by atoms with E-state index in [0.717, 1.165) is 20.5 Å². The zero-order valence-corrected chi connectivity index (χ0v) is 20.9. The number of hydrogen-bond donors (Lipinski definition) is 1. The van der Waals surface area contributed by atoms with Gasteiger partial charge >= 0.3 is 5.69 Å². The Bertz CT molecular complexity index is 1250. The summed E-state index contributed by atoms with van der Waals surface area (Å²) in [5.41, 5.74) is 3.17. The lowest BCUT2D eigenvalue weighted by molar-refractivity contribution is -0.388. The lowest BCUT2D eigenvalue weighted by Gasteiger charge is -2.13. The Morgan fingerprint density at radius 1 is 1.18 bits per heavy atom. The van der Waals surface area contributed by atoms with E-state index >= 15 is 0 Å². The van der Waals surface area contributed by atoms with E-state index < -0.39 is 4.92 Å². The van der Waals surface area contributed by atoms with Crippen LogP contribution in [0.25, 0.3) is 6.08 Å². The van der Waals surface area contributed by atoms with Gasteiger partial charge in [-0.15, -0.1) is 0 Å². The van der Waals surface area contributed by atoms with Gasteiger partial charge in [0.25, 0.3) is 0 Å². The molecular formula is C23H21BrN6O2S. The number of nitriles is 1. The maximum atomic E-state index is 12.0. The number of nitrogens with zero attached hydrogens (tertiary/aromatic N) is 5. The fourth-order valence-corrected chi connectivity index (χ4v) is 4.73. The molecular weight excluding hydrogens is 504 g/mol. The van der Waals surface area contributed by atoms with E-state index in [-0.39, 0.29) is 22.4 Å². The third-order valence-electron chi connectivity index (χ3n) is 4.49. The Morgan fingerprint density at radius 3 is 2.36 bits per heavy atom. The number of nitrogens with one attached hydrogen (secondary N) is 1. The predicted octanol–water partition coefficient (Wildman–Crippen LogP) is 6.06. The van der Waals surface area contributed by atoms with Crippen LogP contribution in [0.2, 0.25) is 0 Å². The van der Waals surface area contributed by atoms with Crippen LogP contribution in [0.15, 0.2) is 57.0 Å². The Kier molecular flexibility index (Phi) is 7.68. The molecule has 0 radical (unpaired) electrons. The first-order valence-corrected chi connectivity index (χ1v) is 11.4. The zero-order valence-electron chi connectivity index (χ0n) is 18.5. The second-order valence-electron chi connectivity index (χ2n) is 7.41. The average molecular weight is 525 g/mol. The molecule has 0 aliphatic carbocycles. The smallest absolute Gasteiger partial charge is 0.327 e. The number of aromatic nitrogens is 2. The van der Waals surface area contributed by atoms with Gasteiger partial charge in [-0.2, -0.15) is 10.2 Å². The summed E-state index contributed by atoms with van der Waals surface area (Å²) in [7, 11) is 3.65. The van der Waals surface area contributed by atoms with Crippen LogP contribution >= 0.6 is 27.7 Å². The van der Waals surface area contributed by atoms with Crippen molar-refractivity contribution in [2.75, 3.05) is 19.4 Å². The van der Waals surface area contributed by atoms with Crippen molar-refractivity contribution < 1.29 is 4.92 Å². The van der Waals surface area contributed by atoms with Gasteiger partial charge in [0.1, 0.15) is 5.69 Å². The Morgan fingerprint density at radius 2 is 1.82 bits per heavy atom. The lowest BCUT2D eigenvalue weighted by Crippen LogP contribution is -2.06. The van der Waals surface area contributed by atoms with Gasteiger partial charge in [0.05, 0.1) is 16.6 Å². The van der Waals surface area contributed by atoms with Crippen LogP contribution in [0.1, 0.15) is 22.4 Å². The standard InChI is InChI=1S/C23H21BrN6O2S/c1-14-11-17(24)12-15(2)21(14)33-22-20(30(31)32)19(9-10-29(3)4)27-23(28-22)26-18-7-5-16(13-25)6-8-18/h5-12H,1-4H3,(H,26,27,28). The van der Waals surface area contributed by atoms with Crippen molar-refractivity contribution >= 4 is 51.1 Å². The fraction of sp³-hybridized carbons (Fsp3) is 0.174. The zero-order chi connectivity index (χ0) is 24.1. The van der Waals surface area contributed by atoms with Gasteiger partial charge in [-0.05, 0) is 67.4 Å². The summed E-state index contributed by atoms with van der Waals surface area (Å²) in [4.78, 5) is 23.2. The van der Waals surface area contributed by atoms with E-state index in [9.17, 15) is 10.1 Å². The molecule has 1 heterocycles. The number of halogens is 1. The normalized spacial score (nSPS) is 10.8. The van der Waals surface area contributed by atoms with E-state index in [1.807, 2.05) is 40.1 Å². The number of anilines is 2. The van der Waals surface area contributed by atoms with Crippen LogP contribution in [0.4, 0.5) is 17.3 Å². The van der Waals surface area contributed by atoms with Crippen molar-refractivity contribution in [2.45, 2.75) is 23.8 Å². The van der Waals surface area contributed by atoms with E-state index in [0.29, 0.717) is 11.3 Å². The van der Waals surface area contributed by atoms with Crippen molar-refractivity contribution in [3.8, 4) is 6.07 Å². The summed E-state index contributed by atoms with van der Waals surface area (Å²) in [5, 5.41) is 24.4. The van der Waals surface area contributed by atoms with E-state index in [1.54, 1.807) is 41.4 Å². The second-order valence-corrected chi connectivity index (χ2v) is 9.32. The maximum absolute atomic E-state index is 12.0. The molecule has 1 N–H and O–H groups in total. The predicted molar refractivity (Wildman–Crippen MR) is 134 cm³/mol. The first-order chi connectivity index (χ1) is 15.7. The number of aryl methyl sites for hydroxylation is 2. The highest BCUT2D eigenvalue weighted by Gasteiger charge is 2.25. The van der Waals surface area contributed by atoms with Crippen molar-refractivity contribution in [1.82, 2.24) is 14.9 Å².